The molecular weight excluding hydrogens is 192 g/mol. The van der Waals surface area contributed by atoms with Crippen molar-refractivity contribution in [2.75, 3.05) is 33.4 Å². The number of hydrogen-bond donors (Lipinski definition) is 1. The van der Waals surface area contributed by atoms with E-state index in [1.54, 1.807) is 7.11 Å². The fraction of sp³-hybridized carbons (Fsp3) is 0.909. The van der Waals surface area contributed by atoms with E-state index >= 15 is 0 Å². The average Bonchev–Trinajstić information content (AvgIpc) is 2.72. The van der Waals surface area contributed by atoms with E-state index in [0.29, 0.717) is 25.0 Å². The molecule has 2 rings (SSSR count). The van der Waals surface area contributed by atoms with Crippen LogP contribution < -0.4 is 5.32 Å². The Labute approximate surface area is 91.0 Å². The number of nitrogens with one attached hydrogen (secondary N) is 1. The SMILES string of the molecule is COCCC(=O)N1CCC2NCCC2C1. The molecule has 0 bridgehead atoms. The predicted molar refractivity (Wildman–Crippen MR) is 57.6 cm³/mol. The lowest BCUT2D eigenvalue weighted by Gasteiger charge is -2.34. The highest BCUT2D eigenvalue weighted by molar-refractivity contribution is 5.76. The van der Waals surface area contributed by atoms with Crippen LogP contribution in [0.3, 0.4) is 0 Å². The zero-order chi connectivity index (χ0) is 10.7. The summed E-state index contributed by atoms with van der Waals surface area (Å²) in [5.41, 5.74) is 0. The zero-order valence-corrected chi connectivity index (χ0v) is 9.37. The number of piperidine rings is 1. The van der Waals surface area contributed by atoms with Gasteiger partial charge in [0, 0.05) is 26.2 Å². The summed E-state index contributed by atoms with van der Waals surface area (Å²) in [6.07, 6.45) is 2.86. The van der Waals surface area contributed by atoms with Gasteiger partial charge in [0.2, 0.25) is 5.91 Å². The number of fused-ring (bicyclic) bond motifs is 1. The maximum Gasteiger partial charge on any atom is 0.224 e. The van der Waals surface area contributed by atoms with Crippen LogP contribution in [0.4, 0.5) is 0 Å². The summed E-state index contributed by atoms with van der Waals surface area (Å²) in [6, 6.07) is 0.663. The third-order valence-corrected chi connectivity index (χ3v) is 3.53. The molecule has 2 saturated heterocycles. The predicted octanol–water partition coefficient (Wildman–Crippen LogP) is 0.233. The number of rotatable bonds is 3. The minimum absolute atomic E-state index is 0.252. The lowest BCUT2D eigenvalue weighted by molar-refractivity contribution is -0.134. The molecular formula is C11H20N2O2. The van der Waals surface area contributed by atoms with Crippen LogP contribution in [0.2, 0.25) is 0 Å². The molecule has 0 saturated carbocycles. The lowest BCUT2D eigenvalue weighted by Crippen LogP contribution is -2.47. The first-order valence-electron chi connectivity index (χ1n) is 5.81. The van der Waals surface area contributed by atoms with Gasteiger partial charge in [-0.2, -0.15) is 0 Å². The van der Waals surface area contributed by atoms with E-state index in [1.807, 2.05) is 4.90 Å². The van der Waals surface area contributed by atoms with Crippen molar-refractivity contribution >= 4 is 5.91 Å². The normalized spacial score (nSPS) is 30.3. The van der Waals surface area contributed by atoms with Gasteiger partial charge in [0.1, 0.15) is 0 Å². The van der Waals surface area contributed by atoms with E-state index in [9.17, 15) is 4.79 Å². The summed E-state index contributed by atoms with van der Waals surface area (Å²) >= 11 is 0. The minimum atomic E-state index is 0.252. The van der Waals surface area contributed by atoms with Crippen molar-refractivity contribution in [1.82, 2.24) is 10.2 Å². The van der Waals surface area contributed by atoms with Crippen LogP contribution in [0, 0.1) is 5.92 Å². The Morgan fingerprint density at radius 1 is 1.53 bits per heavy atom. The lowest BCUT2D eigenvalue weighted by atomic mass is 9.93. The Bertz CT molecular complexity index is 233. The number of amides is 1. The second-order valence-corrected chi connectivity index (χ2v) is 4.48. The number of methoxy groups -OCH3 is 1. The quantitative estimate of drug-likeness (QED) is 0.728. The maximum atomic E-state index is 11.8. The van der Waals surface area contributed by atoms with Gasteiger partial charge < -0.3 is 15.0 Å². The van der Waals surface area contributed by atoms with Gasteiger partial charge in [-0.3, -0.25) is 4.79 Å². The summed E-state index contributed by atoms with van der Waals surface area (Å²) < 4.78 is 4.93. The van der Waals surface area contributed by atoms with Crippen molar-refractivity contribution in [3.63, 3.8) is 0 Å². The Morgan fingerprint density at radius 2 is 2.40 bits per heavy atom. The molecule has 2 aliphatic rings. The molecule has 1 amide bonds. The van der Waals surface area contributed by atoms with Crippen molar-refractivity contribution in [3.8, 4) is 0 Å². The van der Waals surface area contributed by atoms with Gasteiger partial charge >= 0.3 is 0 Å². The Balaban J connectivity index is 1.81. The molecule has 2 fully saturated rings. The summed E-state index contributed by atoms with van der Waals surface area (Å²) in [5, 5.41) is 3.50. The Kier molecular flexibility index (Phi) is 3.59. The molecule has 86 valence electrons. The molecule has 1 N–H and O–H groups in total. The standard InChI is InChI=1S/C11H20N2O2/c1-15-7-4-11(14)13-6-3-10-9(8-13)2-5-12-10/h9-10,12H,2-8H2,1H3. The van der Waals surface area contributed by atoms with Crippen LogP contribution in [-0.4, -0.2) is 50.2 Å². The number of ether oxygens (including phenoxy) is 1. The van der Waals surface area contributed by atoms with Crippen LogP contribution in [0.15, 0.2) is 0 Å². The highest BCUT2D eigenvalue weighted by Gasteiger charge is 2.33. The van der Waals surface area contributed by atoms with Crippen LogP contribution in [0.25, 0.3) is 0 Å². The molecule has 0 aromatic rings. The van der Waals surface area contributed by atoms with E-state index in [0.717, 1.165) is 26.1 Å². The van der Waals surface area contributed by atoms with Gasteiger partial charge in [0.15, 0.2) is 0 Å². The molecule has 2 atom stereocenters. The monoisotopic (exact) mass is 212 g/mol. The number of likely N-dealkylation sites (tertiary alicyclic amines) is 1. The molecule has 0 spiro atoms. The van der Waals surface area contributed by atoms with Gasteiger partial charge in [-0.15, -0.1) is 0 Å². The van der Waals surface area contributed by atoms with Crippen LogP contribution >= 0.6 is 0 Å². The Morgan fingerprint density at radius 3 is 3.20 bits per heavy atom. The van der Waals surface area contributed by atoms with Gasteiger partial charge in [-0.1, -0.05) is 0 Å². The zero-order valence-electron chi connectivity index (χ0n) is 9.37. The molecule has 4 heteroatoms. The van der Waals surface area contributed by atoms with E-state index in [1.165, 1.54) is 6.42 Å². The molecule has 0 aliphatic carbocycles. The number of hydrogen-bond acceptors (Lipinski definition) is 3. The highest BCUT2D eigenvalue weighted by atomic mass is 16.5. The van der Waals surface area contributed by atoms with Gasteiger partial charge in [-0.25, -0.2) is 0 Å². The number of carbonyl (C=O) groups is 1. The average molecular weight is 212 g/mol. The largest absolute Gasteiger partial charge is 0.384 e. The van der Waals surface area contributed by atoms with E-state index in [2.05, 4.69) is 5.32 Å². The fourth-order valence-corrected chi connectivity index (χ4v) is 2.62. The van der Waals surface area contributed by atoms with Crippen molar-refractivity contribution in [2.45, 2.75) is 25.3 Å². The minimum Gasteiger partial charge on any atom is -0.384 e. The molecule has 0 aromatic heterocycles. The molecule has 0 aromatic carbocycles. The summed E-state index contributed by atoms with van der Waals surface area (Å²) in [4.78, 5) is 13.8. The Hall–Kier alpha value is -0.610. The van der Waals surface area contributed by atoms with Crippen molar-refractivity contribution in [2.24, 2.45) is 5.92 Å². The molecule has 2 aliphatic heterocycles. The van der Waals surface area contributed by atoms with Crippen molar-refractivity contribution in [1.29, 1.82) is 0 Å². The first-order valence-corrected chi connectivity index (χ1v) is 5.81. The maximum absolute atomic E-state index is 11.8. The summed E-state index contributed by atoms with van der Waals surface area (Å²) in [5.74, 6) is 0.937. The second kappa shape index (κ2) is 4.94. The number of carbonyl (C=O) groups excluding carboxylic acids is 1. The third-order valence-electron chi connectivity index (χ3n) is 3.53. The molecule has 2 heterocycles. The molecule has 2 unspecified atom stereocenters. The fourth-order valence-electron chi connectivity index (χ4n) is 2.62. The van der Waals surface area contributed by atoms with Gasteiger partial charge in [0.25, 0.3) is 0 Å². The van der Waals surface area contributed by atoms with Crippen LogP contribution in [0.5, 0.6) is 0 Å². The first kappa shape index (κ1) is 10.9. The first-order chi connectivity index (χ1) is 7.31. The molecule has 15 heavy (non-hydrogen) atoms. The van der Waals surface area contributed by atoms with Crippen LogP contribution in [0.1, 0.15) is 19.3 Å². The second-order valence-electron chi connectivity index (χ2n) is 4.48. The number of nitrogens with zero attached hydrogens (tertiary/aromatic N) is 1. The molecule has 4 nitrogen and oxygen atoms in total. The molecule has 0 radical (unpaired) electrons. The highest BCUT2D eigenvalue weighted by Crippen LogP contribution is 2.24. The van der Waals surface area contributed by atoms with E-state index in [-0.39, 0.29) is 5.91 Å². The summed E-state index contributed by atoms with van der Waals surface area (Å²) in [6.45, 7) is 3.52. The topological polar surface area (TPSA) is 41.6 Å². The third kappa shape index (κ3) is 2.49. The van der Waals surface area contributed by atoms with Gasteiger partial charge in [-0.05, 0) is 25.3 Å². The summed E-state index contributed by atoms with van der Waals surface area (Å²) in [7, 11) is 1.64. The van der Waals surface area contributed by atoms with Crippen molar-refractivity contribution in [3.05, 3.63) is 0 Å². The van der Waals surface area contributed by atoms with Crippen LogP contribution in [-0.2, 0) is 9.53 Å². The van der Waals surface area contributed by atoms with E-state index in [4.69, 9.17) is 4.74 Å². The van der Waals surface area contributed by atoms with Gasteiger partial charge in [0.05, 0.1) is 13.0 Å². The smallest absolute Gasteiger partial charge is 0.224 e. The van der Waals surface area contributed by atoms with E-state index < -0.39 is 0 Å². The van der Waals surface area contributed by atoms with Crippen molar-refractivity contribution < 1.29 is 9.53 Å².